The molecule has 0 fully saturated rings. The van der Waals surface area contributed by atoms with E-state index in [1.807, 2.05) is 25.1 Å². The van der Waals surface area contributed by atoms with E-state index in [2.05, 4.69) is 10.0 Å². The molecule has 0 radical (unpaired) electrons. The molecule has 0 saturated heterocycles. The van der Waals surface area contributed by atoms with Crippen LogP contribution in [0.1, 0.15) is 42.6 Å². The lowest BCUT2D eigenvalue weighted by atomic mass is 10.1. The van der Waals surface area contributed by atoms with Gasteiger partial charge in [0.1, 0.15) is 4.90 Å². The van der Waals surface area contributed by atoms with E-state index in [0.717, 1.165) is 12.0 Å². The molecule has 2 aromatic carbocycles. The molecule has 0 aliphatic rings. The smallest absolute Gasteiger partial charge is 0.335 e. The first-order valence-electron chi connectivity index (χ1n) is 10.1. The van der Waals surface area contributed by atoms with Gasteiger partial charge in [-0.15, -0.1) is 0 Å². The van der Waals surface area contributed by atoms with E-state index in [-0.39, 0.29) is 16.5 Å². The molecule has 0 unspecified atom stereocenters. The number of benzene rings is 2. The fraction of sp³-hybridized carbons (Fsp3) is 0.409. The fourth-order valence-electron chi connectivity index (χ4n) is 3.22. The number of carboxylic acids is 1. The molecule has 2 rings (SSSR count). The minimum Gasteiger partial charge on any atom is -0.493 e. The molecule has 9 heteroatoms. The van der Waals surface area contributed by atoms with Crippen molar-refractivity contribution in [3.05, 3.63) is 47.5 Å². The summed E-state index contributed by atoms with van der Waals surface area (Å²) in [5.41, 5.74) is 1.24. The number of aromatic carboxylic acids is 1. The molecule has 31 heavy (non-hydrogen) atoms. The van der Waals surface area contributed by atoms with Crippen molar-refractivity contribution in [2.75, 3.05) is 26.1 Å². The van der Waals surface area contributed by atoms with Crippen LogP contribution in [0.2, 0.25) is 0 Å². The Kier molecular flexibility index (Phi) is 8.70. The zero-order valence-electron chi connectivity index (χ0n) is 18.3. The Morgan fingerprint density at radius 3 is 2.42 bits per heavy atom. The number of carbonyl (C=O) groups is 1. The maximum Gasteiger partial charge on any atom is 0.335 e. The van der Waals surface area contributed by atoms with Gasteiger partial charge in [0.2, 0.25) is 10.0 Å². The number of nitrogens with one attached hydrogen (secondary N) is 2. The van der Waals surface area contributed by atoms with Gasteiger partial charge in [-0.2, -0.15) is 0 Å². The molecule has 2 aromatic rings. The number of methoxy groups -OCH3 is 2. The third-order valence-electron chi connectivity index (χ3n) is 4.77. The van der Waals surface area contributed by atoms with E-state index in [1.165, 1.54) is 18.2 Å². The van der Waals surface area contributed by atoms with Crippen LogP contribution >= 0.6 is 0 Å². The third-order valence-corrected chi connectivity index (χ3v) is 6.40. The van der Waals surface area contributed by atoms with Gasteiger partial charge in [-0.1, -0.05) is 19.4 Å². The van der Waals surface area contributed by atoms with Crippen LogP contribution < -0.4 is 19.5 Å². The number of anilines is 1. The molecule has 0 amide bonds. The van der Waals surface area contributed by atoms with E-state index in [9.17, 15) is 18.3 Å². The molecule has 170 valence electrons. The van der Waals surface area contributed by atoms with Crippen LogP contribution in [-0.2, 0) is 16.4 Å². The average molecular weight is 451 g/mol. The molecular formula is C22H30N2O6S. The zero-order chi connectivity index (χ0) is 23.0. The van der Waals surface area contributed by atoms with Crippen LogP contribution in [0.3, 0.4) is 0 Å². The van der Waals surface area contributed by atoms with Gasteiger partial charge in [0.05, 0.1) is 25.5 Å². The van der Waals surface area contributed by atoms with Crippen molar-refractivity contribution in [3.63, 3.8) is 0 Å². The minimum atomic E-state index is -3.90. The molecule has 0 bridgehead atoms. The van der Waals surface area contributed by atoms with Crippen LogP contribution in [0, 0.1) is 0 Å². The molecule has 0 spiro atoms. The summed E-state index contributed by atoms with van der Waals surface area (Å²) in [5, 5.41) is 12.4. The zero-order valence-corrected chi connectivity index (χ0v) is 19.1. The second-order valence-electron chi connectivity index (χ2n) is 7.19. The highest BCUT2D eigenvalue weighted by molar-refractivity contribution is 7.89. The van der Waals surface area contributed by atoms with E-state index >= 15 is 0 Å². The first-order valence-corrected chi connectivity index (χ1v) is 11.5. The molecule has 0 saturated carbocycles. The predicted octanol–water partition coefficient (Wildman–Crippen LogP) is 3.52. The van der Waals surface area contributed by atoms with E-state index in [1.54, 1.807) is 21.1 Å². The molecule has 0 aliphatic carbocycles. The Morgan fingerprint density at radius 1 is 1.10 bits per heavy atom. The fourth-order valence-corrected chi connectivity index (χ4v) is 4.71. The first kappa shape index (κ1) is 24.5. The van der Waals surface area contributed by atoms with Crippen molar-refractivity contribution in [2.45, 2.75) is 44.0 Å². The summed E-state index contributed by atoms with van der Waals surface area (Å²) in [6.45, 7) is 4.19. The van der Waals surface area contributed by atoms with Gasteiger partial charge in [-0.3, -0.25) is 0 Å². The maximum atomic E-state index is 12.9. The second kappa shape index (κ2) is 11.0. The van der Waals surface area contributed by atoms with Gasteiger partial charge in [0.25, 0.3) is 0 Å². The van der Waals surface area contributed by atoms with Gasteiger partial charge in [0, 0.05) is 12.6 Å². The van der Waals surface area contributed by atoms with Crippen LogP contribution in [0.5, 0.6) is 11.5 Å². The highest BCUT2D eigenvalue weighted by Gasteiger charge is 2.22. The molecule has 8 nitrogen and oxygen atoms in total. The lowest BCUT2D eigenvalue weighted by molar-refractivity contribution is 0.0696. The number of rotatable bonds is 12. The lowest BCUT2D eigenvalue weighted by Gasteiger charge is -2.17. The van der Waals surface area contributed by atoms with Crippen molar-refractivity contribution in [2.24, 2.45) is 0 Å². The second-order valence-corrected chi connectivity index (χ2v) is 8.88. The van der Waals surface area contributed by atoms with Crippen molar-refractivity contribution in [3.8, 4) is 11.5 Å². The van der Waals surface area contributed by atoms with Crippen molar-refractivity contribution < 1.29 is 27.8 Å². The lowest BCUT2D eigenvalue weighted by Crippen LogP contribution is -2.33. The molecule has 0 heterocycles. The summed E-state index contributed by atoms with van der Waals surface area (Å²) in [4.78, 5) is 11.3. The van der Waals surface area contributed by atoms with E-state index in [0.29, 0.717) is 36.6 Å². The summed E-state index contributed by atoms with van der Waals surface area (Å²) in [7, 11) is -0.766. The van der Waals surface area contributed by atoms with Crippen molar-refractivity contribution >= 4 is 21.7 Å². The summed E-state index contributed by atoms with van der Waals surface area (Å²) in [6.07, 6.45) is 2.11. The van der Waals surface area contributed by atoms with Crippen LogP contribution in [0.25, 0.3) is 0 Å². The minimum absolute atomic E-state index is 0.0809. The monoisotopic (exact) mass is 450 g/mol. The SMILES string of the molecule is CCC[C@H](C)NS(=O)(=O)c1cc(C(=O)O)ccc1NCCc1ccc(OC)c(OC)c1. The number of hydrogen-bond acceptors (Lipinski definition) is 6. The Hall–Kier alpha value is -2.78. The molecule has 0 aliphatic heterocycles. The topological polar surface area (TPSA) is 114 Å². The highest BCUT2D eigenvalue weighted by atomic mass is 32.2. The number of hydrogen-bond donors (Lipinski definition) is 3. The quantitative estimate of drug-likeness (QED) is 0.453. The summed E-state index contributed by atoms with van der Waals surface area (Å²) in [6, 6.07) is 9.37. The predicted molar refractivity (Wildman–Crippen MR) is 120 cm³/mol. The molecule has 3 N–H and O–H groups in total. The molecule has 1 atom stereocenters. The van der Waals surface area contributed by atoms with E-state index in [4.69, 9.17) is 9.47 Å². The maximum absolute atomic E-state index is 12.9. The summed E-state index contributed by atoms with van der Waals surface area (Å²) < 4.78 is 39.0. The Balaban J connectivity index is 2.23. The van der Waals surface area contributed by atoms with Crippen molar-refractivity contribution in [1.29, 1.82) is 0 Å². The number of sulfonamides is 1. The largest absolute Gasteiger partial charge is 0.493 e. The molecule has 0 aromatic heterocycles. The van der Waals surface area contributed by atoms with Crippen LogP contribution in [0.15, 0.2) is 41.3 Å². The average Bonchev–Trinajstić information content (AvgIpc) is 2.73. The number of ether oxygens (including phenoxy) is 2. The van der Waals surface area contributed by atoms with Crippen LogP contribution in [0.4, 0.5) is 5.69 Å². The normalized spacial score (nSPS) is 12.3. The van der Waals surface area contributed by atoms with Crippen molar-refractivity contribution in [1.82, 2.24) is 4.72 Å². The Bertz CT molecular complexity index is 1010. The van der Waals surface area contributed by atoms with Crippen LogP contribution in [-0.4, -0.2) is 46.3 Å². The Labute approximate surface area is 183 Å². The van der Waals surface area contributed by atoms with Gasteiger partial charge in [-0.25, -0.2) is 17.9 Å². The van der Waals surface area contributed by atoms with E-state index < -0.39 is 16.0 Å². The Morgan fingerprint density at radius 2 is 1.81 bits per heavy atom. The van der Waals surface area contributed by atoms with Gasteiger partial charge >= 0.3 is 5.97 Å². The summed E-state index contributed by atoms with van der Waals surface area (Å²) >= 11 is 0. The molecular weight excluding hydrogens is 420 g/mol. The first-order chi connectivity index (χ1) is 14.7. The standard InChI is InChI=1S/C22H30N2O6S/c1-5-6-15(2)24-31(27,28)21-14-17(22(25)26)8-9-18(21)23-12-11-16-7-10-19(29-3)20(13-16)30-4/h7-10,13-15,23-24H,5-6,11-12H2,1-4H3,(H,25,26)/t15-/m0/s1. The highest BCUT2D eigenvalue weighted by Crippen LogP contribution is 2.28. The number of carboxylic acid groups (broad SMARTS) is 1. The van der Waals surface area contributed by atoms with Gasteiger partial charge in [-0.05, 0) is 55.7 Å². The summed E-state index contributed by atoms with van der Waals surface area (Å²) in [5.74, 6) is 0.0576. The van der Waals surface area contributed by atoms with Gasteiger partial charge < -0.3 is 19.9 Å². The third kappa shape index (κ3) is 6.60. The van der Waals surface area contributed by atoms with Gasteiger partial charge in [0.15, 0.2) is 11.5 Å².